The van der Waals surface area contributed by atoms with Gasteiger partial charge in [-0.3, -0.25) is 0 Å². The van der Waals surface area contributed by atoms with Crippen molar-refractivity contribution in [2.75, 3.05) is 7.11 Å². The van der Waals surface area contributed by atoms with Gasteiger partial charge in [-0.15, -0.1) is 0 Å². The molecule has 0 bridgehead atoms. The zero-order valence-corrected chi connectivity index (χ0v) is 10.2. The fraction of sp³-hybridized carbons (Fsp3) is 0.182. The maximum atomic E-state index is 8.99. The molecule has 0 amide bonds. The summed E-state index contributed by atoms with van der Waals surface area (Å²) in [6, 6.07) is 7.24. The van der Waals surface area contributed by atoms with E-state index >= 15 is 0 Å². The normalized spacial score (nSPS) is 10.4. The molecule has 0 spiro atoms. The molecule has 0 saturated carbocycles. The molecule has 16 heavy (non-hydrogen) atoms. The third-order valence-electron chi connectivity index (χ3n) is 2.15. The van der Waals surface area contributed by atoms with Gasteiger partial charge in [0.2, 0.25) is 0 Å². The average molecular weight is 256 g/mol. The van der Waals surface area contributed by atoms with Gasteiger partial charge in [-0.05, 0) is 35.8 Å². The molecule has 0 aliphatic carbocycles. The number of aliphatic hydroxyl groups is 1. The Bertz CT molecular complexity index is 498. The van der Waals surface area contributed by atoms with E-state index in [0.717, 1.165) is 16.1 Å². The van der Waals surface area contributed by atoms with Crippen molar-refractivity contribution in [2.45, 2.75) is 6.61 Å². The van der Waals surface area contributed by atoms with Crippen molar-refractivity contribution in [1.29, 1.82) is 0 Å². The Morgan fingerprint density at radius 3 is 2.88 bits per heavy atom. The number of hydrogen-bond acceptors (Lipinski definition) is 4. The van der Waals surface area contributed by atoms with Crippen LogP contribution in [-0.4, -0.2) is 16.6 Å². The molecule has 0 aliphatic rings. The molecule has 0 unspecified atom stereocenters. The summed E-state index contributed by atoms with van der Waals surface area (Å²) in [5.74, 6) is 0.683. The van der Waals surface area contributed by atoms with E-state index in [4.69, 9.17) is 21.4 Å². The summed E-state index contributed by atoms with van der Waals surface area (Å²) in [7, 11) is 1.59. The Morgan fingerprint density at radius 1 is 1.44 bits per heavy atom. The molecule has 3 nitrogen and oxygen atoms in total. The van der Waals surface area contributed by atoms with E-state index in [-0.39, 0.29) is 6.61 Å². The number of hydrogen-bond donors (Lipinski definition) is 1. The van der Waals surface area contributed by atoms with Gasteiger partial charge in [0.15, 0.2) is 0 Å². The van der Waals surface area contributed by atoms with Crippen molar-refractivity contribution in [2.24, 2.45) is 0 Å². The maximum Gasteiger partial charge on any atom is 0.129 e. The van der Waals surface area contributed by atoms with E-state index in [2.05, 4.69) is 4.37 Å². The molecule has 5 heteroatoms. The lowest BCUT2D eigenvalue weighted by molar-refractivity contribution is 0.285. The summed E-state index contributed by atoms with van der Waals surface area (Å²) in [5, 5.41) is 9.61. The molecule has 0 aliphatic heterocycles. The van der Waals surface area contributed by atoms with Crippen molar-refractivity contribution in [3.05, 3.63) is 34.2 Å². The van der Waals surface area contributed by atoms with Crippen molar-refractivity contribution in [3.63, 3.8) is 0 Å². The fourth-order valence-electron chi connectivity index (χ4n) is 1.39. The maximum absolute atomic E-state index is 8.99. The fourth-order valence-corrected chi connectivity index (χ4v) is 2.14. The third-order valence-corrected chi connectivity index (χ3v) is 3.16. The van der Waals surface area contributed by atoms with Gasteiger partial charge < -0.3 is 9.84 Å². The number of nitrogens with zero attached hydrogens (tertiary/aromatic N) is 1. The van der Waals surface area contributed by atoms with Crippen LogP contribution < -0.4 is 4.74 Å². The number of benzene rings is 1. The Hall–Kier alpha value is -1.10. The van der Waals surface area contributed by atoms with Crippen LogP contribution in [0.15, 0.2) is 24.3 Å². The predicted octanol–water partition coefficient (Wildman–Crippen LogP) is 2.96. The zero-order chi connectivity index (χ0) is 11.5. The number of aromatic nitrogens is 1. The second-order valence-corrected chi connectivity index (χ2v) is 4.51. The second kappa shape index (κ2) is 4.82. The van der Waals surface area contributed by atoms with Crippen LogP contribution in [0.2, 0.25) is 5.02 Å². The van der Waals surface area contributed by atoms with Gasteiger partial charge in [-0.25, -0.2) is 0 Å². The highest BCUT2D eigenvalue weighted by Crippen LogP contribution is 2.32. The zero-order valence-electron chi connectivity index (χ0n) is 8.61. The topological polar surface area (TPSA) is 42.4 Å². The van der Waals surface area contributed by atoms with E-state index in [1.54, 1.807) is 19.2 Å². The van der Waals surface area contributed by atoms with Crippen LogP contribution in [-0.2, 0) is 6.61 Å². The molecular weight excluding hydrogens is 246 g/mol. The van der Waals surface area contributed by atoms with E-state index in [1.165, 1.54) is 11.5 Å². The van der Waals surface area contributed by atoms with Gasteiger partial charge >= 0.3 is 0 Å². The van der Waals surface area contributed by atoms with Gasteiger partial charge in [0.05, 0.1) is 24.3 Å². The predicted molar refractivity (Wildman–Crippen MR) is 65.0 cm³/mol. The van der Waals surface area contributed by atoms with Gasteiger partial charge in [0.25, 0.3) is 0 Å². The van der Waals surface area contributed by atoms with E-state index in [0.29, 0.717) is 10.8 Å². The summed E-state index contributed by atoms with van der Waals surface area (Å²) >= 11 is 7.16. The SMILES string of the molecule is COc1cc(Cl)ccc1-c1cc(CO)sn1. The molecule has 1 N–H and O–H groups in total. The van der Waals surface area contributed by atoms with Gasteiger partial charge in [0, 0.05) is 10.6 Å². The van der Waals surface area contributed by atoms with Crippen LogP contribution in [0.1, 0.15) is 4.88 Å². The highest BCUT2D eigenvalue weighted by Gasteiger charge is 2.10. The number of rotatable bonds is 3. The van der Waals surface area contributed by atoms with Gasteiger partial charge in [0.1, 0.15) is 5.75 Å². The lowest BCUT2D eigenvalue weighted by Gasteiger charge is -2.05. The molecular formula is C11H10ClNO2S. The summed E-state index contributed by atoms with van der Waals surface area (Å²) in [5.41, 5.74) is 1.67. The quantitative estimate of drug-likeness (QED) is 0.917. The van der Waals surface area contributed by atoms with Gasteiger partial charge in [-0.1, -0.05) is 11.6 Å². The van der Waals surface area contributed by atoms with Crippen LogP contribution in [0, 0.1) is 0 Å². The van der Waals surface area contributed by atoms with E-state index in [9.17, 15) is 0 Å². The van der Waals surface area contributed by atoms with Crippen LogP contribution in [0.4, 0.5) is 0 Å². The minimum atomic E-state index is 0.00751. The van der Waals surface area contributed by atoms with Crippen molar-refractivity contribution in [1.82, 2.24) is 4.37 Å². The smallest absolute Gasteiger partial charge is 0.129 e. The number of halogens is 1. The molecule has 1 aromatic heterocycles. The third kappa shape index (κ3) is 2.19. The Balaban J connectivity index is 2.46. The average Bonchev–Trinajstić information content (AvgIpc) is 2.77. The van der Waals surface area contributed by atoms with Crippen molar-refractivity contribution < 1.29 is 9.84 Å². The molecule has 1 heterocycles. The highest BCUT2D eigenvalue weighted by atomic mass is 35.5. The monoisotopic (exact) mass is 255 g/mol. The first-order valence-electron chi connectivity index (χ1n) is 4.65. The Labute approximate surface area is 102 Å². The minimum Gasteiger partial charge on any atom is -0.496 e. The lowest BCUT2D eigenvalue weighted by atomic mass is 10.1. The molecule has 1 aromatic carbocycles. The number of methoxy groups -OCH3 is 1. The lowest BCUT2D eigenvalue weighted by Crippen LogP contribution is -1.87. The summed E-state index contributed by atoms with van der Waals surface area (Å²) in [4.78, 5) is 0.826. The van der Waals surface area contributed by atoms with E-state index in [1.807, 2.05) is 12.1 Å². The Morgan fingerprint density at radius 2 is 2.25 bits per heavy atom. The molecule has 0 fully saturated rings. The van der Waals surface area contributed by atoms with Crippen LogP contribution in [0.5, 0.6) is 5.75 Å². The first kappa shape index (κ1) is 11.4. The molecule has 0 radical (unpaired) electrons. The summed E-state index contributed by atoms with van der Waals surface area (Å²) in [6.45, 7) is 0.00751. The largest absolute Gasteiger partial charge is 0.496 e. The van der Waals surface area contributed by atoms with E-state index < -0.39 is 0 Å². The summed E-state index contributed by atoms with van der Waals surface area (Å²) < 4.78 is 9.50. The first-order chi connectivity index (χ1) is 7.74. The van der Waals surface area contributed by atoms with Crippen molar-refractivity contribution >= 4 is 23.1 Å². The van der Waals surface area contributed by atoms with Crippen LogP contribution >= 0.6 is 23.1 Å². The van der Waals surface area contributed by atoms with Crippen LogP contribution in [0.25, 0.3) is 11.3 Å². The standard InChI is InChI=1S/C11H10ClNO2S/c1-15-11-4-7(12)2-3-9(11)10-5-8(6-14)16-13-10/h2-5,14H,6H2,1H3. The minimum absolute atomic E-state index is 0.00751. The van der Waals surface area contributed by atoms with Crippen molar-refractivity contribution in [3.8, 4) is 17.0 Å². The second-order valence-electron chi connectivity index (χ2n) is 3.18. The summed E-state index contributed by atoms with van der Waals surface area (Å²) in [6.07, 6.45) is 0. The molecule has 84 valence electrons. The Kier molecular flexibility index (Phi) is 3.43. The van der Waals surface area contributed by atoms with Gasteiger partial charge in [-0.2, -0.15) is 4.37 Å². The molecule has 0 atom stereocenters. The number of aliphatic hydroxyl groups excluding tert-OH is 1. The highest BCUT2D eigenvalue weighted by molar-refractivity contribution is 7.06. The first-order valence-corrected chi connectivity index (χ1v) is 5.80. The number of ether oxygens (including phenoxy) is 1. The van der Waals surface area contributed by atoms with Crippen LogP contribution in [0.3, 0.4) is 0 Å². The molecule has 2 rings (SSSR count). The molecule has 2 aromatic rings. The molecule has 0 saturated heterocycles.